The summed E-state index contributed by atoms with van der Waals surface area (Å²) in [5.74, 6) is 1.06. The largest absolute Gasteiger partial charge is 0.387 e. The Morgan fingerprint density at radius 1 is 1.15 bits per heavy atom. The van der Waals surface area contributed by atoms with Crippen molar-refractivity contribution in [3.8, 4) is 6.07 Å². The topological polar surface area (TPSA) is 96.6 Å². The number of piperazine rings is 1. The molecule has 2 aromatic rings. The highest BCUT2D eigenvalue weighted by atomic mass is 16.3. The van der Waals surface area contributed by atoms with Gasteiger partial charge in [0.1, 0.15) is 12.1 Å². The van der Waals surface area contributed by atoms with Crippen LogP contribution in [0.3, 0.4) is 0 Å². The van der Waals surface area contributed by atoms with Crippen LogP contribution in [0.5, 0.6) is 0 Å². The number of carbonyl (C=O) groups is 1. The van der Waals surface area contributed by atoms with Crippen LogP contribution >= 0.6 is 0 Å². The number of aromatic nitrogens is 2. The molecule has 8 heteroatoms. The number of likely N-dealkylation sites (tertiary alicyclic amines) is 1. The summed E-state index contributed by atoms with van der Waals surface area (Å²) in [4.78, 5) is 29.3. The average Bonchev–Trinajstić information content (AvgIpc) is 3.41. The van der Waals surface area contributed by atoms with Gasteiger partial charge in [0.15, 0.2) is 0 Å². The van der Waals surface area contributed by atoms with Crippen molar-refractivity contribution in [2.75, 3.05) is 44.7 Å². The number of aliphatic hydroxyl groups is 1. The van der Waals surface area contributed by atoms with Crippen LogP contribution in [0.1, 0.15) is 66.5 Å². The first-order chi connectivity index (χ1) is 16.5. The number of benzene rings is 1. The molecule has 1 aliphatic carbocycles. The highest BCUT2D eigenvalue weighted by molar-refractivity contribution is 5.85. The van der Waals surface area contributed by atoms with Crippen LogP contribution in [0.2, 0.25) is 0 Å². The predicted octanol–water partition coefficient (Wildman–Crippen LogP) is 2.42. The summed E-state index contributed by atoms with van der Waals surface area (Å²) < 4.78 is 0. The number of hydrogen-bond donors (Lipinski definition) is 1. The summed E-state index contributed by atoms with van der Waals surface area (Å²) in [5, 5.41) is 19.5. The second kappa shape index (κ2) is 9.32. The van der Waals surface area contributed by atoms with Gasteiger partial charge in [0.05, 0.1) is 29.3 Å². The zero-order chi connectivity index (χ0) is 23.8. The van der Waals surface area contributed by atoms with Crippen molar-refractivity contribution >= 4 is 11.7 Å². The van der Waals surface area contributed by atoms with Crippen molar-refractivity contribution < 1.29 is 9.90 Å². The Morgan fingerprint density at radius 3 is 2.53 bits per heavy atom. The van der Waals surface area contributed by atoms with Crippen molar-refractivity contribution in [1.82, 2.24) is 19.8 Å². The molecular formula is C26H32N6O2. The molecule has 0 spiro atoms. The third-order valence-electron chi connectivity index (χ3n) is 7.80. The number of carbonyl (C=O) groups excluding carboxylic acids is 1. The standard InChI is InChI=1S/C26H32N6O2/c1-17-14-21(33)24-22(17)25(29-16-28-24)31-10-12-32(13-11-31)26(34)23(20-4-3-9-30(20)2)19-7-5-18(15-27)6-8-19/h5-8,16-17,20-21,23,33H,3-4,9-14H2,1-2H3/t17-,20+,21-,23+/m1/s1. The van der Waals surface area contributed by atoms with E-state index in [1.54, 1.807) is 6.33 Å². The second-order valence-electron chi connectivity index (χ2n) is 9.86. The van der Waals surface area contributed by atoms with E-state index in [0.29, 0.717) is 38.2 Å². The van der Waals surface area contributed by atoms with Gasteiger partial charge in [-0.25, -0.2) is 9.97 Å². The minimum atomic E-state index is -0.522. The maximum Gasteiger partial charge on any atom is 0.231 e. The van der Waals surface area contributed by atoms with Gasteiger partial charge in [0, 0.05) is 37.8 Å². The summed E-state index contributed by atoms with van der Waals surface area (Å²) in [6.07, 6.45) is 3.80. The fraction of sp³-hybridized carbons (Fsp3) is 0.538. The van der Waals surface area contributed by atoms with E-state index in [-0.39, 0.29) is 23.8 Å². The van der Waals surface area contributed by atoms with E-state index in [0.717, 1.165) is 42.0 Å². The van der Waals surface area contributed by atoms with Gasteiger partial charge in [-0.3, -0.25) is 4.79 Å². The Balaban J connectivity index is 1.34. The molecule has 1 aromatic heterocycles. The van der Waals surface area contributed by atoms with E-state index in [9.17, 15) is 15.2 Å². The minimum absolute atomic E-state index is 0.166. The molecule has 5 rings (SSSR count). The Kier molecular flexibility index (Phi) is 6.24. The quantitative estimate of drug-likeness (QED) is 0.748. The number of aliphatic hydroxyl groups excluding tert-OH is 1. The number of anilines is 1. The first-order valence-electron chi connectivity index (χ1n) is 12.2. The molecule has 4 atom stereocenters. The lowest BCUT2D eigenvalue weighted by Crippen LogP contribution is -2.52. The van der Waals surface area contributed by atoms with Crippen LogP contribution in [-0.4, -0.2) is 76.6 Å². The fourth-order valence-electron chi connectivity index (χ4n) is 5.94. The van der Waals surface area contributed by atoms with E-state index in [1.165, 1.54) is 0 Å². The summed E-state index contributed by atoms with van der Waals surface area (Å²) >= 11 is 0. The van der Waals surface area contributed by atoms with Crippen LogP contribution in [0.15, 0.2) is 30.6 Å². The van der Waals surface area contributed by atoms with Crippen LogP contribution in [0.25, 0.3) is 0 Å². The normalized spacial score (nSPS) is 25.8. The van der Waals surface area contributed by atoms with Crippen LogP contribution < -0.4 is 4.90 Å². The maximum absolute atomic E-state index is 13.9. The number of nitriles is 1. The monoisotopic (exact) mass is 460 g/mol. The molecule has 2 aliphatic heterocycles. The Bertz CT molecular complexity index is 1090. The molecule has 0 unspecified atom stereocenters. The lowest BCUT2D eigenvalue weighted by atomic mass is 9.88. The summed E-state index contributed by atoms with van der Waals surface area (Å²) in [5.41, 5.74) is 3.40. The molecule has 3 aliphatic rings. The van der Waals surface area contributed by atoms with E-state index in [4.69, 9.17) is 0 Å². The average molecular weight is 461 g/mol. The Labute approximate surface area is 200 Å². The number of fused-ring (bicyclic) bond motifs is 1. The summed E-state index contributed by atoms with van der Waals surface area (Å²) in [7, 11) is 2.10. The fourth-order valence-corrected chi connectivity index (χ4v) is 5.94. The molecule has 8 nitrogen and oxygen atoms in total. The maximum atomic E-state index is 13.9. The van der Waals surface area contributed by atoms with Crippen LogP contribution in [0.4, 0.5) is 5.82 Å². The molecule has 2 fully saturated rings. The van der Waals surface area contributed by atoms with Crippen molar-refractivity contribution in [3.05, 3.63) is 53.0 Å². The predicted molar refractivity (Wildman–Crippen MR) is 128 cm³/mol. The molecule has 178 valence electrons. The summed E-state index contributed by atoms with van der Waals surface area (Å²) in [6.45, 7) is 5.80. The van der Waals surface area contributed by atoms with E-state index < -0.39 is 6.10 Å². The van der Waals surface area contributed by atoms with Crippen LogP contribution in [-0.2, 0) is 4.79 Å². The SMILES string of the molecule is C[C@@H]1C[C@@H](O)c2ncnc(N3CCN(C(=O)[C@@H](c4ccc(C#N)cc4)[C@@H]4CCCN4C)CC3)c21. The van der Waals surface area contributed by atoms with Gasteiger partial charge in [0.25, 0.3) is 0 Å². The zero-order valence-corrected chi connectivity index (χ0v) is 19.9. The molecule has 0 radical (unpaired) electrons. The van der Waals surface area contributed by atoms with E-state index in [2.05, 4.69) is 39.8 Å². The molecule has 0 bridgehead atoms. The molecule has 1 amide bonds. The molecule has 1 aromatic carbocycles. The van der Waals surface area contributed by atoms with Crippen molar-refractivity contribution in [2.45, 2.75) is 50.2 Å². The zero-order valence-electron chi connectivity index (χ0n) is 19.9. The van der Waals surface area contributed by atoms with Gasteiger partial charge in [-0.2, -0.15) is 5.26 Å². The van der Waals surface area contributed by atoms with Crippen molar-refractivity contribution in [3.63, 3.8) is 0 Å². The highest BCUT2D eigenvalue weighted by Crippen LogP contribution is 2.43. The molecule has 34 heavy (non-hydrogen) atoms. The number of hydrogen-bond acceptors (Lipinski definition) is 7. The third-order valence-corrected chi connectivity index (χ3v) is 7.80. The lowest BCUT2D eigenvalue weighted by Gasteiger charge is -2.39. The minimum Gasteiger partial charge on any atom is -0.387 e. The number of nitrogens with zero attached hydrogens (tertiary/aromatic N) is 6. The van der Waals surface area contributed by atoms with Crippen LogP contribution in [0, 0.1) is 11.3 Å². The van der Waals surface area contributed by atoms with Crippen molar-refractivity contribution in [1.29, 1.82) is 5.26 Å². The van der Waals surface area contributed by atoms with E-state index in [1.807, 2.05) is 29.2 Å². The molecule has 0 saturated carbocycles. The first-order valence-corrected chi connectivity index (χ1v) is 12.2. The van der Waals surface area contributed by atoms with Gasteiger partial charge in [-0.1, -0.05) is 19.1 Å². The summed E-state index contributed by atoms with van der Waals surface area (Å²) in [6, 6.07) is 9.86. The smallest absolute Gasteiger partial charge is 0.231 e. The van der Waals surface area contributed by atoms with E-state index >= 15 is 0 Å². The second-order valence-corrected chi connectivity index (χ2v) is 9.86. The van der Waals surface area contributed by atoms with Gasteiger partial charge in [-0.05, 0) is 56.5 Å². The van der Waals surface area contributed by atoms with Crippen molar-refractivity contribution in [2.24, 2.45) is 0 Å². The number of rotatable bonds is 4. The molecular weight excluding hydrogens is 428 g/mol. The number of amides is 1. The molecule has 3 heterocycles. The number of likely N-dealkylation sites (N-methyl/N-ethyl adjacent to an activating group) is 1. The van der Waals surface area contributed by atoms with Gasteiger partial charge in [0.2, 0.25) is 5.91 Å². The third kappa shape index (κ3) is 4.04. The first kappa shape index (κ1) is 22.8. The Hall–Kier alpha value is -3.02. The van der Waals surface area contributed by atoms with Gasteiger partial charge >= 0.3 is 0 Å². The molecule has 2 saturated heterocycles. The van der Waals surface area contributed by atoms with Gasteiger partial charge in [-0.15, -0.1) is 0 Å². The lowest BCUT2D eigenvalue weighted by molar-refractivity contribution is -0.134. The highest BCUT2D eigenvalue weighted by Gasteiger charge is 2.39. The Morgan fingerprint density at radius 2 is 1.88 bits per heavy atom. The molecule has 1 N–H and O–H groups in total. The van der Waals surface area contributed by atoms with Gasteiger partial charge < -0.3 is 19.8 Å².